The number of hydrogen-bond donors (Lipinski definition) is 1. The lowest BCUT2D eigenvalue weighted by molar-refractivity contribution is 0.0763. The maximum absolute atomic E-state index is 14.2. The van der Waals surface area contributed by atoms with Crippen LogP contribution in [0.5, 0.6) is 0 Å². The first-order valence-electron chi connectivity index (χ1n) is 6.95. The lowest BCUT2D eigenvalue weighted by Crippen LogP contribution is -2.42. The highest BCUT2D eigenvalue weighted by atomic mass is 19.1. The number of nitriles is 1. The molecule has 2 rings (SSSR count). The second kappa shape index (κ2) is 6.69. The molecular weight excluding hydrogens is 257 g/mol. The summed E-state index contributed by atoms with van der Waals surface area (Å²) in [7, 11) is 0. The second-order valence-electron chi connectivity index (χ2n) is 4.89. The molecule has 5 heteroatoms. The monoisotopic (exact) mass is 277 g/mol. The fourth-order valence-corrected chi connectivity index (χ4v) is 2.58. The van der Waals surface area contributed by atoms with Crippen molar-refractivity contribution in [3.05, 3.63) is 29.6 Å². The van der Waals surface area contributed by atoms with Crippen molar-refractivity contribution in [2.24, 2.45) is 0 Å². The normalized spacial score (nSPS) is 20.5. The molecule has 1 aromatic rings. The lowest BCUT2D eigenvalue weighted by atomic mass is 10.0. The van der Waals surface area contributed by atoms with E-state index < -0.39 is 6.10 Å². The SMILES string of the molecule is CCNC(C)c1c(F)cccc1N1CCOC(C#N)C1. The highest BCUT2D eigenvalue weighted by Crippen LogP contribution is 2.30. The summed E-state index contributed by atoms with van der Waals surface area (Å²) >= 11 is 0. The average Bonchev–Trinajstić information content (AvgIpc) is 2.47. The molecule has 4 nitrogen and oxygen atoms in total. The van der Waals surface area contributed by atoms with Gasteiger partial charge in [-0.2, -0.15) is 5.26 Å². The molecule has 1 N–H and O–H groups in total. The molecule has 0 spiro atoms. The summed E-state index contributed by atoms with van der Waals surface area (Å²) in [6.07, 6.45) is -0.450. The third kappa shape index (κ3) is 3.09. The summed E-state index contributed by atoms with van der Waals surface area (Å²) in [6, 6.07) is 7.15. The van der Waals surface area contributed by atoms with Gasteiger partial charge in [0.05, 0.1) is 19.2 Å². The van der Waals surface area contributed by atoms with Crippen molar-refractivity contribution in [3.63, 3.8) is 0 Å². The van der Waals surface area contributed by atoms with E-state index in [-0.39, 0.29) is 11.9 Å². The molecular formula is C15H20FN3O. The lowest BCUT2D eigenvalue weighted by Gasteiger charge is -2.34. The van der Waals surface area contributed by atoms with Crippen LogP contribution in [0, 0.1) is 17.1 Å². The van der Waals surface area contributed by atoms with Gasteiger partial charge in [-0.05, 0) is 25.6 Å². The Morgan fingerprint density at radius 1 is 1.60 bits per heavy atom. The highest BCUT2D eigenvalue weighted by Gasteiger charge is 2.24. The standard InChI is InChI=1S/C15H20FN3O/c1-3-18-11(2)15-13(16)5-4-6-14(15)19-7-8-20-12(9-17)10-19/h4-6,11-12,18H,3,7-8,10H2,1-2H3. The topological polar surface area (TPSA) is 48.3 Å². The first-order chi connectivity index (χ1) is 9.67. The molecule has 108 valence electrons. The van der Waals surface area contributed by atoms with Crippen LogP contribution in [0.2, 0.25) is 0 Å². The summed E-state index contributed by atoms with van der Waals surface area (Å²) in [6.45, 7) is 6.37. The first kappa shape index (κ1) is 14.8. The van der Waals surface area contributed by atoms with Crippen LogP contribution in [0.25, 0.3) is 0 Å². The van der Waals surface area contributed by atoms with Gasteiger partial charge in [-0.3, -0.25) is 0 Å². The fraction of sp³-hybridized carbons (Fsp3) is 0.533. The third-order valence-corrected chi connectivity index (χ3v) is 3.52. The Hall–Kier alpha value is -1.64. The van der Waals surface area contributed by atoms with E-state index in [9.17, 15) is 4.39 Å². The van der Waals surface area contributed by atoms with Gasteiger partial charge in [0.2, 0.25) is 0 Å². The number of halogens is 1. The van der Waals surface area contributed by atoms with Gasteiger partial charge in [-0.15, -0.1) is 0 Å². The van der Waals surface area contributed by atoms with Crippen molar-refractivity contribution in [3.8, 4) is 6.07 Å². The Bertz CT molecular complexity index is 500. The third-order valence-electron chi connectivity index (χ3n) is 3.52. The molecule has 1 aliphatic heterocycles. The van der Waals surface area contributed by atoms with Crippen LogP contribution in [-0.4, -0.2) is 32.3 Å². The molecule has 1 aromatic carbocycles. The summed E-state index contributed by atoms with van der Waals surface area (Å²) in [5.74, 6) is -0.212. The van der Waals surface area contributed by atoms with E-state index in [0.29, 0.717) is 25.3 Å². The summed E-state index contributed by atoms with van der Waals surface area (Å²) in [5.41, 5.74) is 1.51. The van der Waals surface area contributed by atoms with Gasteiger partial charge in [0, 0.05) is 23.8 Å². The van der Waals surface area contributed by atoms with E-state index in [1.54, 1.807) is 6.07 Å². The Labute approximate surface area is 119 Å². The predicted molar refractivity (Wildman–Crippen MR) is 76.1 cm³/mol. The van der Waals surface area contributed by atoms with Gasteiger partial charge in [-0.25, -0.2) is 4.39 Å². The molecule has 0 radical (unpaired) electrons. The zero-order valence-corrected chi connectivity index (χ0v) is 11.9. The molecule has 0 saturated carbocycles. The second-order valence-corrected chi connectivity index (χ2v) is 4.89. The largest absolute Gasteiger partial charge is 0.365 e. The molecule has 1 aliphatic rings. The van der Waals surface area contributed by atoms with Crippen LogP contribution >= 0.6 is 0 Å². The average molecular weight is 277 g/mol. The smallest absolute Gasteiger partial charge is 0.161 e. The Morgan fingerprint density at radius 3 is 3.10 bits per heavy atom. The van der Waals surface area contributed by atoms with Crippen LogP contribution in [-0.2, 0) is 4.74 Å². The number of anilines is 1. The number of nitrogens with zero attached hydrogens (tertiary/aromatic N) is 2. The van der Waals surface area contributed by atoms with Crippen molar-refractivity contribution >= 4 is 5.69 Å². The van der Waals surface area contributed by atoms with Crippen molar-refractivity contribution in [1.82, 2.24) is 5.32 Å². The van der Waals surface area contributed by atoms with Crippen molar-refractivity contribution in [1.29, 1.82) is 5.26 Å². The molecule has 0 bridgehead atoms. The summed E-state index contributed by atoms with van der Waals surface area (Å²) in [5, 5.41) is 12.2. The van der Waals surface area contributed by atoms with E-state index in [4.69, 9.17) is 10.00 Å². The number of hydrogen-bond acceptors (Lipinski definition) is 4. The minimum Gasteiger partial charge on any atom is -0.365 e. The molecule has 2 atom stereocenters. The maximum Gasteiger partial charge on any atom is 0.161 e. The van der Waals surface area contributed by atoms with Gasteiger partial charge in [0.1, 0.15) is 5.82 Å². The van der Waals surface area contributed by atoms with E-state index in [1.807, 2.05) is 24.8 Å². The highest BCUT2D eigenvalue weighted by molar-refractivity contribution is 5.56. The van der Waals surface area contributed by atoms with Gasteiger partial charge in [0.15, 0.2) is 6.10 Å². The van der Waals surface area contributed by atoms with Crippen molar-refractivity contribution in [2.45, 2.75) is 26.0 Å². The van der Waals surface area contributed by atoms with Gasteiger partial charge in [0.25, 0.3) is 0 Å². The molecule has 0 amide bonds. The fourth-order valence-electron chi connectivity index (χ4n) is 2.58. The quantitative estimate of drug-likeness (QED) is 0.917. The zero-order chi connectivity index (χ0) is 14.5. The summed E-state index contributed by atoms with van der Waals surface area (Å²) < 4.78 is 19.5. The van der Waals surface area contributed by atoms with Crippen LogP contribution in [0.3, 0.4) is 0 Å². The molecule has 1 heterocycles. The number of morpholine rings is 1. The molecule has 20 heavy (non-hydrogen) atoms. The van der Waals surface area contributed by atoms with Gasteiger partial charge < -0.3 is 15.0 Å². The van der Waals surface area contributed by atoms with Crippen LogP contribution < -0.4 is 10.2 Å². The number of rotatable bonds is 4. The van der Waals surface area contributed by atoms with E-state index >= 15 is 0 Å². The number of benzene rings is 1. The molecule has 1 saturated heterocycles. The summed E-state index contributed by atoms with van der Waals surface area (Å²) in [4.78, 5) is 2.03. The van der Waals surface area contributed by atoms with Gasteiger partial charge >= 0.3 is 0 Å². The van der Waals surface area contributed by atoms with Crippen LogP contribution in [0.4, 0.5) is 10.1 Å². The minimum absolute atomic E-state index is 0.0698. The van der Waals surface area contributed by atoms with Crippen molar-refractivity contribution in [2.75, 3.05) is 31.1 Å². The molecule has 1 fully saturated rings. The maximum atomic E-state index is 14.2. The van der Waals surface area contributed by atoms with E-state index in [2.05, 4.69) is 11.4 Å². The Kier molecular flexibility index (Phi) is 4.94. The van der Waals surface area contributed by atoms with Gasteiger partial charge in [-0.1, -0.05) is 13.0 Å². The van der Waals surface area contributed by atoms with Crippen LogP contribution in [0.1, 0.15) is 25.5 Å². The Morgan fingerprint density at radius 2 is 2.40 bits per heavy atom. The van der Waals surface area contributed by atoms with Crippen LogP contribution in [0.15, 0.2) is 18.2 Å². The molecule has 0 aliphatic carbocycles. The van der Waals surface area contributed by atoms with E-state index in [1.165, 1.54) is 6.07 Å². The molecule has 0 aromatic heterocycles. The number of ether oxygens (including phenoxy) is 1. The van der Waals surface area contributed by atoms with E-state index in [0.717, 1.165) is 12.2 Å². The first-order valence-corrected chi connectivity index (χ1v) is 6.95. The Balaban J connectivity index is 2.31. The number of nitrogens with one attached hydrogen (secondary N) is 1. The molecule has 2 unspecified atom stereocenters. The zero-order valence-electron chi connectivity index (χ0n) is 11.9. The predicted octanol–water partition coefficient (Wildman–Crippen LogP) is 2.22. The van der Waals surface area contributed by atoms with Crippen molar-refractivity contribution < 1.29 is 9.13 Å². The minimum atomic E-state index is -0.450.